The van der Waals surface area contributed by atoms with E-state index >= 15 is 0 Å². The minimum absolute atomic E-state index is 0.0515. The summed E-state index contributed by atoms with van der Waals surface area (Å²) in [6, 6.07) is 10.4. The van der Waals surface area contributed by atoms with Crippen LogP contribution in [-0.2, 0) is 11.3 Å². The van der Waals surface area contributed by atoms with Crippen LogP contribution in [0.25, 0.3) is 0 Å². The Morgan fingerprint density at radius 1 is 1.23 bits per heavy atom. The van der Waals surface area contributed by atoms with E-state index in [2.05, 4.69) is 4.74 Å². The number of aryl methyl sites for hydroxylation is 2. The van der Waals surface area contributed by atoms with Crippen molar-refractivity contribution in [2.24, 2.45) is 0 Å². The average molecular weight is 320 g/mol. The zero-order valence-electron chi connectivity index (χ0n) is 12.7. The number of benzene rings is 2. The molecule has 0 bridgehead atoms. The van der Waals surface area contributed by atoms with Crippen molar-refractivity contribution in [1.82, 2.24) is 0 Å². The SMILES string of the molecule is COC(=O)Sc1cccc(F)c1COc1ccc(C)cc1C. The fourth-order valence-corrected chi connectivity index (χ4v) is 2.71. The van der Waals surface area contributed by atoms with E-state index in [-0.39, 0.29) is 6.61 Å². The van der Waals surface area contributed by atoms with E-state index in [1.165, 1.54) is 13.2 Å². The predicted octanol–water partition coefficient (Wildman–Crippen LogP) is 4.88. The first kappa shape index (κ1) is 16.4. The highest BCUT2D eigenvalue weighted by atomic mass is 32.2. The lowest BCUT2D eigenvalue weighted by Crippen LogP contribution is -2.03. The van der Waals surface area contributed by atoms with E-state index in [0.717, 1.165) is 22.9 Å². The smallest absolute Gasteiger partial charge is 0.371 e. The molecule has 3 nitrogen and oxygen atoms in total. The first-order valence-corrected chi connectivity index (χ1v) is 7.56. The molecule has 0 aliphatic carbocycles. The normalized spacial score (nSPS) is 10.4. The number of thioether (sulfide) groups is 1. The van der Waals surface area contributed by atoms with Crippen LogP contribution in [0.15, 0.2) is 41.3 Å². The van der Waals surface area contributed by atoms with Crippen molar-refractivity contribution in [3.63, 3.8) is 0 Å². The van der Waals surface area contributed by atoms with Gasteiger partial charge >= 0.3 is 5.30 Å². The molecular formula is C17H17FO3S. The van der Waals surface area contributed by atoms with Crippen molar-refractivity contribution < 1.29 is 18.7 Å². The van der Waals surface area contributed by atoms with Crippen molar-refractivity contribution in [3.05, 3.63) is 58.9 Å². The first-order chi connectivity index (χ1) is 10.5. The predicted molar refractivity (Wildman–Crippen MR) is 84.9 cm³/mol. The molecule has 0 aliphatic rings. The van der Waals surface area contributed by atoms with Crippen LogP contribution in [0.3, 0.4) is 0 Å². The Bertz CT molecular complexity index is 686. The summed E-state index contributed by atoms with van der Waals surface area (Å²) in [6.07, 6.45) is 0. The van der Waals surface area contributed by atoms with Gasteiger partial charge in [0, 0.05) is 10.5 Å². The minimum Gasteiger partial charge on any atom is -0.488 e. The van der Waals surface area contributed by atoms with E-state index < -0.39 is 11.1 Å². The standard InChI is InChI=1S/C17H17FO3S/c1-11-7-8-15(12(2)9-11)21-10-13-14(18)5-4-6-16(13)22-17(19)20-3/h4-9H,10H2,1-3H3. The molecule has 0 saturated heterocycles. The van der Waals surface area contributed by atoms with Gasteiger partial charge in [-0.2, -0.15) is 0 Å². The number of hydrogen-bond donors (Lipinski definition) is 0. The van der Waals surface area contributed by atoms with Crippen LogP contribution in [0.2, 0.25) is 0 Å². The molecule has 0 unspecified atom stereocenters. The number of hydrogen-bond acceptors (Lipinski definition) is 4. The highest BCUT2D eigenvalue weighted by Crippen LogP contribution is 2.28. The maximum Gasteiger partial charge on any atom is 0.371 e. The van der Waals surface area contributed by atoms with Crippen LogP contribution in [0.1, 0.15) is 16.7 Å². The molecule has 0 amide bonds. The average Bonchev–Trinajstić information content (AvgIpc) is 2.48. The topological polar surface area (TPSA) is 35.5 Å². The Labute approximate surface area is 133 Å². The molecule has 0 heterocycles. The summed E-state index contributed by atoms with van der Waals surface area (Å²) in [4.78, 5) is 11.9. The van der Waals surface area contributed by atoms with Crippen LogP contribution < -0.4 is 4.74 Å². The second-order valence-corrected chi connectivity index (χ2v) is 5.81. The van der Waals surface area contributed by atoms with E-state index in [9.17, 15) is 9.18 Å². The zero-order valence-corrected chi connectivity index (χ0v) is 13.5. The first-order valence-electron chi connectivity index (χ1n) is 6.74. The second kappa shape index (κ2) is 7.31. The molecule has 2 aromatic rings. The molecule has 0 N–H and O–H groups in total. The summed E-state index contributed by atoms with van der Waals surface area (Å²) in [5, 5.41) is -0.488. The maximum atomic E-state index is 14.0. The van der Waals surface area contributed by atoms with Crippen molar-refractivity contribution in [2.45, 2.75) is 25.3 Å². The summed E-state index contributed by atoms with van der Waals surface area (Å²) in [7, 11) is 1.29. The Hall–Kier alpha value is -2.01. The van der Waals surface area contributed by atoms with E-state index in [1.54, 1.807) is 12.1 Å². The highest BCUT2D eigenvalue weighted by molar-refractivity contribution is 8.13. The molecule has 0 aliphatic heterocycles. The fourth-order valence-electron chi connectivity index (χ4n) is 2.02. The lowest BCUT2D eigenvalue weighted by atomic mass is 10.1. The summed E-state index contributed by atoms with van der Waals surface area (Å²) in [6.45, 7) is 3.99. The molecular weight excluding hydrogens is 303 g/mol. The number of carbonyl (C=O) groups is 1. The maximum absolute atomic E-state index is 14.0. The molecule has 0 fully saturated rings. The Kier molecular flexibility index (Phi) is 5.44. The van der Waals surface area contributed by atoms with Crippen LogP contribution in [-0.4, -0.2) is 12.4 Å². The van der Waals surface area contributed by atoms with Gasteiger partial charge in [-0.25, -0.2) is 9.18 Å². The van der Waals surface area contributed by atoms with Gasteiger partial charge in [-0.3, -0.25) is 0 Å². The molecule has 116 valence electrons. The number of ether oxygens (including phenoxy) is 2. The molecule has 2 aromatic carbocycles. The number of halogens is 1. The largest absolute Gasteiger partial charge is 0.488 e. The Morgan fingerprint density at radius 3 is 2.68 bits per heavy atom. The molecule has 2 rings (SSSR count). The summed E-state index contributed by atoms with van der Waals surface area (Å²) in [5.74, 6) is 0.293. The summed E-state index contributed by atoms with van der Waals surface area (Å²) in [5.41, 5.74) is 2.47. The van der Waals surface area contributed by atoms with Crippen LogP contribution >= 0.6 is 11.8 Å². The number of carbonyl (C=O) groups excluding carboxylic acids is 1. The van der Waals surface area contributed by atoms with Gasteiger partial charge in [0.1, 0.15) is 18.2 Å². The van der Waals surface area contributed by atoms with E-state index in [4.69, 9.17) is 4.74 Å². The van der Waals surface area contributed by atoms with Crippen LogP contribution in [0.4, 0.5) is 9.18 Å². The molecule has 0 spiro atoms. The third-order valence-electron chi connectivity index (χ3n) is 3.14. The van der Waals surface area contributed by atoms with Gasteiger partial charge in [-0.05, 0) is 49.4 Å². The van der Waals surface area contributed by atoms with Crippen LogP contribution in [0, 0.1) is 19.7 Å². The lowest BCUT2D eigenvalue weighted by Gasteiger charge is -2.13. The summed E-state index contributed by atoms with van der Waals surface area (Å²) >= 11 is 0.845. The highest BCUT2D eigenvalue weighted by Gasteiger charge is 2.14. The fraction of sp³-hybridized carbons (Fsp3) is 0.235. The van der Waals surface area contributed by atoms with Crippen molar-refractivity contribution >= 4 is 17.1 Å². The second-order valence-electron chi connectivity index (χ2n) is 4.83. The van der Waals surface area contributed by atoms with Crippen molar-refractivity contribution in [2.75, 3.05) is 7.11 Å². The van der Waals surface area contributed by atoms with Gasteiger partial charge in [-0.15, -0.1) is 0 Å². The van der Waals surface area contributed by atoms with Crippen LogP contribution in [0.5, 0.6) is 5.75 Å². The molecule has 0 saturated carbocycles. The van der Waals surface area contributed by atoms with Gasteiger partial charge in [0.15, 0.2) is 0 Å². The molecule has 22 heavy (non-hydrogen) atoms. The molecule has 5 heteroatoms. The van der Waals surface area contributed by atoms with Gasteiger partial charge in [0.05, 0.1) is 7.11 Å². The monoisotopic (exact) mass is 320 g/mol. The Morgan fingerprint density at radius 2 is 2.00 bits per heavy atom. The van der Waals surface area contributed by atoms with E-state index in [0.29, 0.717) is 16.2 Å². The number of rotatable bonds is 4. The quantitative estimate of drug-likeness (QED) is 0.594. The van der Waals surface area contributed by atoms with Crippen molar-refractivity contribution in [1.29, 1.82) is 0 Å². The number of methoxy groups -OCH3 is 1. The van der Waals surface area contributed by atoms with E-state index in [1.807, 2.05) is 32.0 Å². The summed E-state index contributed by atoms with van der Waals surface area (Å²) < 4.78 is 24.3. The van der Waals surface area contributed by atoms with Gasteiger partial charge < -0.3 is 9.47 Å². The zero-order chi connectivity index (χ0) is 16.1. The van der Waals surface area contributed by atoms with Gasteiger partial charge in [0.25, 0.3) is 0 Å². The lowest BCUT2D eigenvalue weighted by molar-refractivity contribution is 0.200. The third-order valence-corrected chi connectivity index (χ3v) is 4.07. The minimum atomic E-state index is -0.488. The van der Waals surface area contributed by atoms with Gasteiger partial charge in [-0.1, -0.05) is 23.8 Å². The van der Waals surface area contributed by atoms with Crippen molar-refractivity contribution in [3.8, 4) is 5.75 Å². The third kappa shape index (κ3) is 4.01. The molecule has 0 aromatic heterocycles. The Balaban J connectivity index is 2.19. The molecule has 0 radical (unpaired) electrons. The van der Waals surface area contributed by atoms with Gasteiger partial charge in [0.2, 0.25) is 0 Å². The molecule has 0 atom stereocenters.